The van der Waals surface area contributed by atoms with E-state index in [0.29, 0.717) is 49.0 Å². The molecule has 0 radical (unpaired) electrons. The third-order valence-corrected chi connectivity index (χ3v) is 7.83. The SMILES string of the molecule is CCCC1(C)NC(=O)c2c3c(c(O)c(=O)n21)C1OC1N(CC1CCC(F)C(Cl)C1)CC3. The lowest BCUT2D eigenvalue weighted by atomic mass is 9.87. The van der Waals surface area contributed by atoms with E-state index in [1.165, 1.54) is 4.57 Å². The summed E-state index contributed by atoms with van der Waals surface area (Å²) in [5.74, 6) is -0.313. The fourth-order valence-electron chi connectivity index (χ4n) is 5.85. The molecule has 5 rings (SSSR count). The van der Waals surface area contributed by atoms with E-state index in [1.54, 1.807) is 0 Å². The first-order chi connectivity index (χ1) is 14.7. The fraction of sp³-hybridized carbons (Fsp3) is 0.727. The minimum atomic E-state index is -0.945. The molecule has 170 valence electrons. The largest absolute Gasteiger partial charge is 0.503 e. The molecule has 4 aliphatic rings. The number of aromatic hydroxyl groups is 1. The zero-order valence-electron chi connectivity index (χ0n) is 17.9. The number of nitrogens with zero attached hydrogens (tertiary/aromatic N) is 2. The predicted molar refractivity (Wildman–Crippen MR) is 113 cm³/mol. The van der Waals surface area contributed by atoms with Gasteiger partial charge in [0.25, 0.3) is 11.5 Å². The minimum Gasteiger partial charge on any atom is -0.503 e. The molecule has 1 aromatic heterocycles. The van der Waals surface area contributed by atoms with E-state index < -0.39 is 28.9 Å². The molecule has 6 atom stereocenters. The van der Waals surface area contributed by atoms with Crippen molar-refractivity contribution < 1.29 is 19.0 Å². The summed E-state index contributed by atoms with van der Waals surface area (Å²) in [6.45, 7) is 5.18. The summed E-state index contributed by atoms with van der Waals surface area (Å²) < 4.78 is 21.1. The van der Waals surface area contributed by atoms with Gasteiger partial charge in [-0.15, -0.1) is 11.6 Å². The Balaban J connectivity index is 1.47. The van der Waals surface area contributed by atoms with E-state index in [2.05, 4.69) is 10.2 Å². The quantitative estimate of drug-likeness (QED) is 0.540. The molecule has 1 aromatic rings. The Bertz CT molecular complexity index is 984. The predicted octanol–water partition coefficient (Wildman–Crippen LogP) is 2.77. The molecule has 0 spiro atoms. The number of pyridine rings is 1. The van der Waals surface area contributed by atoms with Crippen LogP contribution >= 0.6 is 11.6 Å². The van der Waals surface area contributed by atoms with Crippen molar-refractivity contribution in [1.82, 2.24) is 14.8 Å². The van der Waals surface area contributed by atoms with Gasteiger partial charge in [0.1, 0.15) is 29.9 Å². The van der Waals surface area contributed by atoms with Crippen molar-refractivity contribution >= 4 is 17.5 Å². The topological polar surface area (TPSA) is 87.1 Å². The second-order valence-corrected chi connectivity index (χ2v) is 10.2. The number of ether oxygens (including phenoxy) is 1. The molecule has 2 fully saturated rings. The lowest BCUT2D eigenvalue weighted by molar-refractivity contribution is 0.0920. The molecular formula is C22H29ClFN3O4. The number of fused-ring (bicyclic) bond motifs is 5. The Hall–Kier alpha value is -1.64. The molecular weight excluding hydrogens is 425 g/mol. The van der Waals surface area contributed by atoms with Crippen molar-refractivity contribution in [3.05, 3.63) is 27.2 Å². The highest BCUT2D eigenvalue weighted by atomic mass is 35.5. The molecule has 0 bridgehead atoms. The maximum absolute atomic E-state index is 13.8. The van der Waals surface area contributed by atoms with Gasteiger partial charge in [0, 0.05) is 18.7 Å². The smallest absolute Gasteiger partial charge is 0.295 e. The maximum Gasteiger partial charge on any atom is 0.295 e. The van der Waals surface area contributed by atoms with E-state index in [0.717, 1.165) is 19.4 Å². The van der Waals surface area contributed by atoms with Crippen LogP contribution in [0, 0.1) is 5.92 Å². The van der Waals surface area contributed by atoms with E-state index in [-0.39, 0.29) is 23.8 Å². The summed E-state index contributed by atoms with van der Waals surface area (Å²) in [5, 5.41) is 13.4. The second-order valence-electron chi connectivity index (χ2n) is 9.61. The molecule has 3 aliphatic heterocycles. The normalized spacial score (nSPS) is 36.9. The highest BCUT2D eigenvalue weighted by Gasteiger charge is 2.53. The molecule has 6 unspecified atom stereocenters. The summed E-state index contributed by atoms with van der Waals surface area (Å²) in [6.07, 6.45) is 2.19. The standard InChI is InChI=1S/C22H29ClFN3O4/c1-3-7-22(2)25-19(29)16-12-6-8-26(10-11-4-5-14(24)13(23)9-11)21-18(31-21)15(12)17(28)20(30)27(16)22/h11,13-14,18,21,28H,3-10H2,1-2H3,(H,25,29). The zero-order chi connectivity index (χ0) is 22.1. The van der Waals surface area contributed by atoms with Crippen LogP contribution in [-0.4, -0.2) is 51.3 Å². The lowest BCUT2D eigenvalue weighted by Gasteiger charge is -2.32. The highest BCUT2D eigenvalue weighted by molar-refractivity contribution is 6.21. The molecule has 0 aromatic carbocycles. The molecule has 1 amide bonds. The van der Waals surface area contributed by atoms with Crippen molar-refractivity contribution in [2.24, 2.45) is 5.92 Å². The van der Waals surface area contributed by atoms with Crippen LogP contribution in [0.4, 0.5) is 4.39 Å². The van der Waals surface area contributed by atoms with Crippen LogP contribution in [-0.2, 0) is 16.8 Å². The number of amides is 1. The summed E-state index contributed by atoms with van der Waals surface area (Å²) >= 11 is 6.16. The third kappa shape index (κ3) is 3.29. The minimum absolute atomic E-state index is 0.238. The number of aromatic nitrogens is 1. The summed E-state index contributed by atoms with van der Waals surface area (Å²) in [6, 6.07) is 0. The van der Waals surface area contributed by atoms with Crippen LogP contribution in [0.3, 0.4) is 0 Å². The van der Waals surface area contributed by atoms with Crippen molar-refractivity contribution in [1.29, 1.82) is 0 Å². The molecule has 2 N–H and O–H groups in total. The van der Waals surface area contributed by atoms with Crippen LogP contribution in [0.2, 0.25) is 0 Å². The Morgan fingerprint density at radius 1 is 1.35 bits per heavy atom. The number of hydrogen-bond acceptors (Lipinski definition) is 5. The van der Waals surface area contributed by atoms with Gasteiger partial charge in [-0.05, 0) is 50.5 Å². The van der Waals surface area contributed by atoms with E-state index >= 15 is 0 Å². The first-order valence-electron chi connectivity index (χ1n) is 11.3. The van der Waals surface area contributed by atoms with Gasteiger partial charge >= 0.3 is 0 Å². The van der Waals surface area contributed by atoms with Crippen LogP contribution in [0.1, 0.15) is 73.7 Å². The van der Waals surface area contributed by atoms with Crippen molar-refractivity contribution in [3.8, 4) is 5.75 Å². The number of carbonyl (C=O) groups is 1. The number of epoxide rings is 1. The molecule has 4 heterocycles. The van der Waals surface area contributed by atoms with Gasteiger partial charge in [0.2, 0.25) is 0 Å². The van der Waals surface area contributed by atoms with Crippen LogP contribution in [0.5, 0.6) is 5.75 Å². The maximum atomic E-state index is 13.8. The lowest BCUT2D eigenvalue weighted by Crippen LogP contribution is -2.44. The molecule has 1 saturated heterocycles. The van der Waals surface area contributed by atoms with Crippen molar-refractivity contribution in [3.63, 3.8) is 0 Å². The average molecular weight is 454 g/mol. The van der Waals surface area contributed by atoms with E-state index in [9.17, 15) is 19.1 Å². The Morgan fingerprint density at radius 2 is 2.13 bits per heavy atom. The van der Waals surface area contributed by atoms with Crippen LogP contribution in [0.25, 0.3) is 0 Å². The second kappa shape index (κ2) is 7.46. The average Bonchev–Trinajstić information content (AvgIpc) is 3.45. The van der Waals surface area contributed by atoms with Gasteiger partial charge in [-0.3, -0.25) is 19.1 Å². The van der Waals surface area contributed by atoms with Crippen molar-refractivity contribution in [2.75, 3.05) is 13.1 Å². The van der Waals surface area contributed by atoms with Gasteiger partial charge in [-0.2, -0.15) is 0 Å². The van der Waals surface area contributed by atoms with Gasteiger partial charge in [0.15, 0.2) is 5.75 Å². The molecule has 1 aliphatic carbocycles. The number of nitrogens with one attached hydrogen (secondary N) is 1. The molecule has 9 heteroatoms. The van der Waals surface area contributed by atoms with Gasteiger partial charge < -0.3 is 15.2 Å². The fourth-order valence-corrected chi connectivity index (χ4v) is 6.22. The molecule has 1 saturated carbocycles. The number of hydrogen-bond donors (Lipinski definition) is 2. The van der Waals surface area contributed by atoms with E-state index in [4.69, 9.17) is 16.3 Å². The summed E-state index contributed by atoms with van der Waals surface area (Å²) in [7, 11) is 0. The van der Waals surface area contributed by atoms with Crippen molar-refractivity contribution in [2.45, 2.75) is 81.9 Å². The van der Waals surface area contributed by atoms with Crippen LogP contribution in [0.15, 0.2) is 4.79 Å². The number of alkyl halides is 2. The van der Waals surface area contributed by atoms with Gasteiger partial charge in [-0.25, -0.2) is 4.39 Å². The Labute approximate surface area is 185 Å². The zero-order valence-corrected chi connectivity index (χ0v) is 18.6. The number of carbonyl (C=O) groups excluding carboxylic acids is 1. The number of halogens is 2. The van der Waals surface area contributed by atoms with Gasteiger partial charge in [-0.1, -0.05) is 13.3 Å². The van der Waals surface area contributed by atoms with Gasteiger partial charge in [0.05, 0.1) is 5.38 Å². The van der Waals surface area contributed by atoms with Crippen LogP contribution < -0.4 is 10.9 Å². The monoisotopic (exact) mass is 453 g/mol. The third-order valence-electron chi connectivity index (χ3n) is 7.38. The molecule has 31 heavy (non-hydrogen) atoms. The Morgan fingerprint density at radius 3 is 2.84 bits per heavy atom. The summed E-state index contributed by atoms with van der Waals surface area (Å²) in [4.78, 5) is 28.2. The Kier molecular flexibility index (Phi) is 5.10. The molecule has 7 nitrogen and oxygen atoms in total. The van der Waals surface area contributed by atoms with E-state index in [1.807, 2.05) is 13.8 Å². The summed E-state index contributed by atoms with van der Waals surface area (Å²) in [5.41, 5.74) is 0.121. The first-order valence-corrected chi connectivity index (χ1v) is 11.7. The number of rotatable bonds is 4. The first kappa shape index (κ1) is 21.2. The highest BCUT2D eigenvalue weighted by Crippen LogP contribution is 2.49.